The highest BCUT2D eigenvalue weighted by atomic mass is 32.2. The second-order valence-corrected chi connectivity index (χ2v) is 16.5. The van der Waals surface area contributed by atoms with Crippen LogP contribution in [0.5, 0.6) is 0 Å². The van der Waals surface area contributed by atoms with Gasteiger partial charge >= 0.3 is 0 Å². The van der Waals surface area contributed by atoms with Gasteiger partial charge in [-0.25, -0.2) is 0 Å². The lowest BCUT2D eigenvalue weighted by Crippen LogP contribution is -2.46. The highest BCUT2D eigenvalue weighted by Crippen LogP contribution is 2.15. The Bertz CT molecular complexity index is 945. The quantitative estimate of drug-likeness (QED) is 0.0331. The van der Waals surface area contributed by atoms with Crippen molar-refractivity contribution >= 4 is 16.0 Å². The lowest BCUT2D eigenvalue weighted by Gasteiger charge is -2.21. The summed E-state index contributed by atoms with van der Waals surface area (Å²) in [7, 11) is -4.36. The minimum absolute atomic E-state index is 0.288. The SMILES string of the molecule is CCCCCCCCCCCCC/C=C/CC/C=C/CC/C=C/C(O)C(CS(=O)(=O)O)NC(=O)CCCCCCCCCCCCCCCCC. The molecule has 0 aliphatic rings. The zero-order chi connectivity index (χ0) is 37.5. The molecule has 0 rings (SSSR count). The van der Waals surface area contributed by atoms with Crippen LogP contribution >= 0.6 is 0 Å². The van der Waals surface area contributed by atoms with E-state index in [0.717, 1.165) is 38.5 Å². The van der Waals surface area contributed by atoms with Crippen LogP contribution in [-0.2, 0) is 14.9 Å². The molecular formula is C44H83NO5S. The normalized spacial score (nSPS) is 13.6. The average molecular weight is 738 g/mol. The van der Waals surface area contributed by atoms with E-state index in [9.17, 15) is 22.9 Å². The maximum absolute atomic E-state index is 12.5. The second-order valence-electron chi connectivity index (χ2n) is 15.0. The molecule has 2 unspecified atom stereocenters. The van der Waals surface area contributed by atoms with Gasteiger partial charge in [0, 0.05) is 6.42 Å². The first-order valence-electron chi connectivity index (χ1n) is 21.7. The summed E-state index contributed by atoms with van der Waals surface area (Å²) in [5, 5.41) is 13.2. The number of amides is 1. The summed E-state index contributed by atoms with van der Waals surface area (Å²) in [6, 6.07) is -1.08. The van der Waals surface area contributed by atoms with E-state index in [-0.39, 0.29) is 12.3 Å². The Morgan fingerprint density at radius 2 is 0.843 bits per heavy atom. The van der Waals surface area contributed by atoms with Crippen LogP contribution in [0.4, 0.5) is 0 Å². The number of aliphatic hydroxyl groups excluding tert-OH is 1. The molecule has 51 heavy (non-hydrogen) atoms. The summed E-state index contributed by atoms with van der Waals surface area (Å²) in [6.45, 7) is 4.53. The van der Waals surface area contributed by atoms with E-state index < -0.39 is 28.0 Å². The third kappa shape index (κ3) is 39.6. The zero-order valence-corrected chi connectivity index (χ0v) is 34.3. The van der Waals surface area contributed by atoms with Crippen molar-refractivity contribution in [1.29, 1.82) is 0 Å². The van der Waals surface area contributed by atoms with Crippen molar-refractivity contribution in [3.05, 3.63) is 36.5 Å². The minimum atomic E-state index is -4.36. The topological polar surface area (TPSA) is 104 Å². The van der Waals surface area contributed by atoms with Crippen molar-refractivity contribution < 1.29 is 22.9 Å². The first-order valence-corrected chi connectivity index (χ1v) is 23.3. The second kappa shape index (κ2) is 38.3. The molecule has 6 nitrogen and oxygen atoms in total. The fraction of sp³-hybridized carbons (Fsp3) is 0.841. The maximum atomic E-state index is 12.5. The molecule has 0 fully saturated rings. The van der Waals surface area contributed by atoms with Gasteiger partial charge in [0.2, 0.25) is 5.91 Å². The van der Waals surface area contributed by atoms with Gasteiger partial charge in [-0.15, -0.1) is 0 Å². The monoisotopic (exact) mass is 738 g/mol. The number of aliphatic hydroxyl groups is 1. The summed E-state index contributed by atoms with van der Waals surface area (Å²) < 4.78 is 32.5. The van der Waals surface area contributed by atoms with Gasteiger partial charge in [0.15, 0.2) is 0 Å². The summed E-state index contributed by atoms with van der Waals surface area (Å²) in [6.07, 6.45) is 49.9. The number of hydrogen-bond acceptors (Lipinski definition) is 4. The largest absolute Gasteiger partial charge is 0.387 e. The van der Waals surface area contributed by atoms with Gasteiger partial charge in [-0.2, -0.15) is 8.42 Å². The number of allylic oxidation sites excluding steroid dienone is 5. The number of carbonyl (C=O) groups excluding carboxylic acids is 1. The molecule has 0 aromatic rings. The first kappa shape index (κ1) is 49.6. The molecule has 0 heterocycles. The Morgan fingerprint density at radius 3 is 1.24 bits per heavy atom. The molecule has 0 bridgehead atoms. The van der Waals surface area contributed by atoms with Crippen molar-refractivity contribution in [3.8, 4) is 0 Å². The van der Waals surface area contributed by atoms with Crippen molar-refractivity contribution in [3.63, 3.8) is 0 Å². The molecule has 0 aromatic heterocycles. The maximum Gasteiger partial charge on any atom is 0.267 e. The predicted molar refractivity (Wildman–Crippen MR) is 221 cm³/mol. The Labute approximate surface area is 316 Å². The van der Waals surface area contributed by atoms with E-state index in [1.54, 1.807) is 6.08 Å². The van der Waals surface area contributed by atoms with Crippen LogP contribution in [-0.4, -0.2) is 41.9 Å². The molecule has 0 aliphatic heterocycles. The molecule has 300 valence electrons. The van der Waals surface area contributed by atoms with Crippen molar-refractivity contribution in [2.45, 2.75) is 231 Å². The summed E-state index contributed by atoms with van der Waals surface area (Å²) in [5.74, 6) is -1.00. The molecule has 0 aliphatic carbocycles. The van der Waals surface area contributed by atoms with E-state index in [1.165, 1.54) is 160 Å². The predicted octanol–water partition coefficient (Wildman–Crippen LogP) is 12.9. The Morgan fingerprint density at radius 1 is 0.510 bits per heavy atom. The summed E-state index contributed by atoms with van der Waals surface area (Å²) in [5.41, 5.74) is 0. The van der Waals surface area contributed by atoms with Gasteiger partial charge in [-0.3, -0.25) is 9.35 Å². The molecule has 0 spiro atoms. The van der Waals surface area contributed by atoms with Gasteiger partial charge in [-0.1, -0.05) is 204 Å². The van der Waals surface area contributed by atoms with Gasteiger partial charge in [0.1, 0.15) is 0 Å². The van der Waals surface area contributed by atoms with E-state index >= 15 is 0 Å². The van der Waals surface area contributed by atoms with Crippen molar-refractivity contribution in [2.75, 3.05) is 5.75 Å². The van der Waals surface area contributed by atoms with Crippen LogP contribution in [0.15, 0.2) is 36.5 Å². The Hall–Kier alpha value is -1.44. The number of unbranched alkanes of at least 4 members (excludes halogenated alkanes) is 27. The lowest BCUT2D eigenvalue weighted by molar-refractivity contribution is -0.122. The van der Waals surface area contributed by atoms with Gasteiger partial charge < -0.3 is 10.4 Å². The molecule has 0 radical (unpaired) electrons. The lowest BCUT2D eigenvalue weighted by atomic mass is 10.0. The zero-order valence-electron chi connectivity index (χ0n) is 33.5. The van der Waals surface area contributed by atoms with Crippen LogP contribution in [0.3, 0.4) is 0 Å². The summed E-state index contributed by atoms with van der Waals surface area (Å²) in [4.78, 5) is 12.5. The van der Waals surface area contributed by atoms with E-state index in [2.05, 4.69) is 43.5 Å². The van der Waals surface area contributed by atoms with Gasteiger partial charge in [-0.05, 0) is 44.9 Å². The molecule has 2 atom stereocenters. The van der Waals surface area contributed by atoms with Crippen molar-refractivity contribution in [2.24, 2.45) is 0 Å². The molecule has 0 aromatic carbocycles. The van der Waals surface area contributed by atoms with E-state index in [0.29, 0.717) is 6.42 Å². The van der Waals surface area contributed by atoms with Gasteiger partial charge in [0.05, 0.1) is 17.9 Å². The highest BCUT2D eigenvalue weighted by molar-refractivity contribution is 7.85. The summed E-state index contributed by atoms with van der Waals surface area (Å²) >= 11 is 0. The smallest absolute Gasteiger partial charge is 0.267 e. The Balaban J connectivity index is 3.95. The van der Waals surface area contributed by atoms with Crippen LogP contribution in [0.1, 0.15) is 219 Å². The fourth-order valence-corrected chi connectivity index (χ4v) is 7.28. The molecule has 0 saturated heterocycles. The minimum Gasteiger partial charge on any atom is -0.387 e. The highest BCUT2D eigenvalue weighted by Gasteiger charge is 2.24. The first-order chi connectivity index (χ1) is 24.8. The van der Waals surface area contributed by atoms with Crippen LogP contribution in [0, 0.1) is 0 Å². The van der Waals surface area contributed by atoms with Crippen LogP contribution in [0.2, 0.25) is 0 Å². The number of rotatable bonds is 39. The number of carbonyl (C=O) groups is 1. The molecule has 0 saturated carbocycles. The Kier molecular flexibility index (Phi) is 37.2. The molecule has 7 heteroatoms. The third-order valence-corrected chi connectivity index (χ3v) is 10.6. The van der Waals surface area contributed by atoms with E-state index in [4.69, 9.17) is 0 Å². The van der Waals surface area contributed by atoms with E-state index in [1.807, 2.05) is 0 Å². The number of nitrogens with one attached hydrogen (secondary N) is 1. The molecular weight excluding hydrogens is 655 g/mol. The average Bonchev–Trinajstić information content (AvgIpc) is 3.09. The third-order valence-electron chi connectivity index (χ3n) is 9.80. The van der Waals surface area contributed by atoms with Crippen LogP contribution < -0.4 is 5.32 Å². The molecule has 1 amide bonds. The van der Waals surface area contributed by atoms with Gasteiger partial charge in [0.25, 0.3) is 10.1 Å². The number of hydrogen-bond donors (Lipinski definition) is 3. The van der Waals surface area contributed by atoms with Crippen molar-refractivity contribution in [1.82, 2.24) is 5.32 Å². The van der Waals surface area contributed by atoms with Crippen LogP contribution in [0.25, 0.3) is 0 Å². The fourth-order valence-electron chi connectivity index (χ4n) is 6.54. The molecule has 3 N–H and O–H groups in total. The standard InChI is InChI=1S/C44H83NO5S/c1-3-5-7-9-11-13-15-17-19-20-21-22-23-24-26-27-29-31-33-35-37-39-43(46)42(41-51(48,49)50)45-44(47)40-38-36-34-32-30-28-25-18-16-14-12-10-8-6-4-2/h23-24,29,31,37,39,42-43,46H,3-22,25-28,30,32-36,38,40-41H2,1-2H3,(H,45,47)(H,48,49,50)/b24-23+,31-29+,39-37+.